The van der Waals surface area contributed by atoms with Gasteiger partial charge in [-0.1, -0.05) is 30.3 Å². The number of benzene rings is 2. The fourth-order valence-electron chi connectivity index (χ4n) is 3.52. The van der Waals surface area contributed by atoms with E-state index in [9.17, 15) is 4.79 Å². The molecule has 1 amide bonds. The number of hydrogen-bond acceptors (Lipinski definition) is 2. The number of anilines is 2. The molecule has 3 rings (SSSR count). The van der Waals surface area contributed by atoms with Crippen molar-refractivity contribution in [1.82, 2.24) is 4.57 Å². The van der Waals surface area contributed by atoms with Gasteiger partial charge in [0.05, 0.1) is 0 Å². The lowest BCUT2D eigenvalue weighted by Gasteiger charge is -2.23. The van der Waals surface area contributed by atoms with Crippen molar-refractivity contribution in [2.45, 2.75) is 33.2 Å². The Balaban J connectivity index is 1.80. The van der Waals surface area contributed by atoms with Gasteiger partial charge in [0.15, 0.2) is 0 Å². The summed E-state index contributed by atoms with van der Waals surface area (Å²) in [5.74, 6) is -0.00116. The number of rotatable bonds is 8. The van der Waals surface area contributed by atoms with E-state index in [0.29, 0.717) is 6.42 Å². The van der Waals surface area contributed by atoms with E-state index in [4.69, 9.17) is 0 Å². The first-order valence-electron chi connectivity index (χ1n) is 9.95. The summed E-state index contributed by atoms with van der Waals surface area (Å²) in [5, 5.41) is 3.14. The molecule has 146 valence electrons. The van der Waals surface area contributed by atoms with Crippen molar-refractivity contribution >= 4 is 17.3 Å². The maximum Gasteiger partial charge on any atom is 0.247 e. The zero-order chi connectivity index (χ0) is 19.9. The third-order valence-electron chi connectivity index (χ3n) is 5.16. The maximum absolute atomic E-state index is 13.2. The lowest BCUT2D eigenvalue weighted by Crippen LogP contribution is -2.27. The van der Waals surface area contributed by atoms with E-state index in [0.717, 1.165) is 29.9 Å². The normalized spacial score (nSPS) is 11.8. The Kier molecular flexibility index (Phi) is 6.53. The van der Waals surface area contributed by atoms with E-state index < -0.39 is 0 Å². The molecule has 0 radical (unpaired) electrons. The minimum absolute atomic E-state index is 0.00116. The van der Waals surface area contributed by atoms with Crippen LogP contribution in [-0.2, 0) is 11.2 Å². The van der Waals surface area contributed by atoms with Crippen molar-refractivity contribution < 1.29 is 4.79 Å². The number of nitrogens with one attached hydrogen (secondary N) is 1. The Morgan fingerprint density at radius 1 is 1.00 bits per heavy atom. The van der Waals surface area contributed by atoms with Gasteiger partial charge >= 0.3 is 0 Å². The zero-order valence-corrected chi connectivity index (χ0v) is 16.9. The second-order valence-corrected chi connectivity index (χ2v) is 7.00. The first kappa shape index (κ1) is 19.7. The zero-order valence-electron chi connectivity index (χ0n) is 16.9. The molecule has 0 aliphatic carbocycles. The average Bonchev–Trinajstić information content (AvgIpc) is 3.24. The van der Waals surface area contributed by atoms with Crippen LogP contribution < -0.4 is 10.2 Å². The molecule has 0 aliphatic rings. The fourth-order valence-corrected chi connectivity index (χ4v) is 3.52. The molecule has 1 N–H and O–H groups in total. The van der Waals surface area contributed by atoms with Crippen molar-refractivity contribution in [2.24, 2.45) is 0 Å². The lowest BCUT2D eigenvalue weighted by atomic mass is 10.0. The van der Waals surface area contributed by atoms with Gasteiger partial charge in [-0.3, -0.25) is 4.79 Å². The molecule has 0 saturated carbocycles. The van der Waals surface area contributed by atoms with Gasteiger partial charge in [0.25, 0.3) is 0 Å². The molecule has 2 aromatic carbocycles. The Morgan fingerprint density at radius 2 is 1.68 bits per heavy atom. The molecular weight excluding hydrogens is 346 g/mol. The molecule has 3 aromatic rings. The topological polar surface area (TPSA) is 37.3 Å². The molecule has 0 spiro atoms. The number of aryl methyl sites for hydroxylation is 1. The van der Waals surface area contributed by atoms with E-state index in [-0.39, 0.29) is 11.9 Å². The Bertz CT molecular complexity index is 883. The van der Waals surface area contributed by atoms with Crippen molar-refractivity contribution in [3.05, 3.63) is 84.2 Å². The van der Waals surface area contributed by atoms with E-state index in [1.54, 1.807) is 0 Å². The van der Waals surface area contributed by atoms with E-state index in [1.165, 1.54) is 5.69 Å². The molecule has 1 atom stereocenters. The van der Waals surface area contributed by atoms with Crippen molar-refractivity contribution in [3.63, 3.8) is 0 Å². The SMILES string of the molecule is CCN(CC)c1ccc(NC(=O)[C@H](Cc2ccccc2)n2cccc2)c(C)c1. The van der Waals surface area contributed by atoms with Gasteiger partial charge in [0, 0.05) is 43.3 Å². The molecule has 0 unspecified atom stereocenters. The van der Waals surface area contributed by atoms with Crippen LogP contribution in [0.1, 0.15) is 31.0 Å². The number of carbonyl (C=O) groups excluding carboxylic acids is 1. The third-order valence-corrected chi connectivity index (χ3v) is 5.16. The highest BCUT2D eigenvalue weighted by atomic mass is 16.2. The summed E-state index contributed by atoms with van der Waals surface area (Å²) in [7, 11) is 0. The summed E-state index contributed by atoms with van der Waals surface area (Å²) >= 11 is 0. The second kappa shape index (κ2) is 9.27. The molecule has 4 heteroatoms. The van der Waals surface area contributed by atoms with Gasteiger partial charge in [0.1, 0.15) is 6.04 Å². The van der Waals surface area contributed by atoms with Gasteiger partial charge in [-0.15, -0.1) is 0 Å². The molecule has 28 heavy (non-hydrogen) atoms. The number of amides is 1. The summed E-state index contributed by atoms with van der Waals surface area (Å²) < 4.78 is 1.97. The fraction of sp³-hybridized carbons (Fsp3) is 0.292. The van der Waals surface area contributed by atoms with Crippen LogP contribution in [-0.4, -0.2) is 23.6 Å². The predicted molar refractivity (Wildman–Crippen MR) is 117 cm³/mol. The molecular formula is C24H29N3O. The standard InChI is InChI=1S/C24H29N3O/c1-4-26(5-2)21-13-14-22(19(3)17-21)25-24(28)23(27-15-9-10-16-27)18-20-11-7-6-8-12-20/h6-17,23H,4-5,18H2,1-3H3,(H,25,28)/t23-/m0/s1. The highest BCUT2D eigenvalue weighted by Gasteiger charge is 2.21. The summed E-state index contributed by atoms with van der Waals surface area (Å²) in [4.78, 5) is 15.5. The van der Waals surface area contributed by atoms with Crippen LogP contribution in [0.15, 0.2) is 73.1 Å². The van der Waals surface area contributed by atoms with Crippen LogP contribution in [0.3, 0.4) is 0 Å². The minimum Gasteiger partial charge on any atom is -0.372 e. The second-order valence-electron chi connectivity index (χ2n) is 7.00. The summed E-state index contributed by atoms with van der Waals surface area (Å²) in [5.41, 5.74) is 4.27. The monoisotopic (exact) mass is 375 g/mol. The van der Waals surface area contributed by atoms with Gasteiger partial charge in [-0.05, 0) is 62.2 Å². The van der Waals surface area contributed by atoms with Crippen molar-refractivity contribution in [2.75, 3.05) is 23.3 Å². The minimum atomic E-state index is -0.292. The van der Waals surface area contributed by atoms with Crippen LogP contribution in [0.5, 0.6) is 0 Å². The van der Waals surface area contributed by atoms with E-state index in [1.807, 2.05) is 60.3 Å². The van der Waals surface area contributed by atoms with E-state index in [2.05, 4.69) is 48.3 Å². The van der Waals surface area contributed by atoms with Gasteiger partial charge in [-0.25, -0.2) is 0 Å². The smallest absolute Gasteiger partial charge is 0.247 e. The van der Waals surface area contributed by atoms with Crippen LogP contribution in [0.2, 0.25) is 0 Å². The highest BCUT2D eigenvalue weighted by Crippen LogP contribution is 2.24. The Labute approximate surface area is 167 Å². The molecule has 0 saturated heterocycles. The highest BCUT2D eigenvalue weighted by molar-refractivity contribution is 5.94. The van der Waals surface area contributed by atoms with Gasteiger partial charge in [-0.2, -0.15) is 0 Å². The third kappa shape index (κ3) is 4.63. The van der Waals surface area contributed by atoms with Gasteiger partial charge in [0.2, 0.25) is 5.91 Å². The Hall–Kier alpha value is -3.01. The van der Waals surface area contributed by atoms with E-state index >= 15 is 0 Å². The quantitative estimate of drug-likeness (QED) is 0.597. The molecule has 1 heterocycles. The summed E-state index contributed by atoms with van der Waals surface area (Å²) in [6.45, 7) is 8.28. The predicted octanol–water partition coefficient (Wildman–Crippen LogP) is 5.07. The number of carbonyl (C=O) groups is 1. The number of aromatic nitrogens is 1. The molecule has 1 aromatic heterocycles. The van der Waals surface area contributed by atoms with Crippen molar-refractivity contribution in [3.8, 4) is 0 Å². The average molecular weight is 376 g/mol. The van der Waals surface area contributed by atoms with Crippen LogP contribution >= 0.6 is 0 Å². The first-order chi connectivity index (χ1) is 13.6. The summed E-state index contributed by atoms with van der Waals surface area (Å²) in [6.07, 6.45) is 4.55. The summed E-state index contributed by atoms with van der Waals surface area (Å²) in [6, 6.07) is 20.0. The molecule has 0 aliphatic heterocycles. The van der Waals surface area contributed by atoms with Gasteiger partial charge < -0.3 is 14.8 Å². The van der Waals surface area contributed by atoms with Crippen LogP contribution in [0, 0.1) is 6.92 Å². The van der Waals surface area contributed by atoms with Crippen LogP contribution in [0.25, 0.3) is 0 Å². The lowest BCUT2D eigenvalue weighted by molar-refractivity contribution is -0.119. The van der Waals surface area contributed by atoms with Crippen LogP contribution in [0.4, 0.5) is 11.4 Å². The van der Waals surface area contributed by atoms with Crippen molar-refractivity contribution in [1.29, 1.82) is 0 Å². The maximum atomic E-state index is 13.2. The largest absolute Gasteiger partial charge is 0.372 e. The Morgan fingerprint density at radius 3 is 2.29 bits per heavy atom. The number of hydrogen-bond donors (Lipinski definition) is 1. The first-order valence-corrected chi connectivity index (χ1v) is 9.95. The molecule has 0 bridgehead atoms. The molecule has 0 fully saturated rings. The number of nitrogens with zero attached hydrogens (tertiary/aromatic N) is 2. The molecule has 4 nitrogen and oxygen atoms in total.